The van der Waals surface area contributed by atoms with E-state index in [2.05, 4.69) is 31.0 Å². The predicted octanol–water partition coefficient (Wildman–Crippen LogP) is 1.74. The minimum absolute atomic E-state index is 0.162. The molecular formula is C16H31N3O. The number of hydrogen-bond donors (Lipinski definition) is 2. The predicted molar refractivity (Wildman–Crippen MR) is 82.4 cm³/mol. The molecule has 1 aliphatic heterocycles. The van der Waals surface area contributed by atoms with Crippen molar-refractivity contribution in [1.82, 2.24) is 10.2 Å². The van der Waals surface area contributed by atoms with Gasteiger partial charge >= 0.3 is 0 Å². The van der Waals surface area contributed by atoms with Crippen LogP contribution in [0.3, 0.4) is 0 Å². The van der Waals surface area contributed by atoms with Gasteiger partial charge in [-0.1, -0.05) is 20.8 Å². The maximum Gasteiger partial charge on any atom is 0.239 e. The Labute approximate surface area is 123 Å². The van der Waals surface area contributed by atoms with Crippen molar-refractivity contribution >= 4 is 5.91 Å². The number of nitrogens with one attached hydrogen (secondary N) is 1. The summed E-state index contributed by atoms with van der Waals surface area (Å²) in [6.07, 6.45) is 5.97. The SMILES string of the molecule is CCNC(CN1CCCC(C)(C)CC1)(C(N)=O)C1CC1. The van der Waals surface area contributed by atoms with Gasteiger partial charge in [0.25, 0.3) is 0 Å². The molecule has 2 fully saturated rings. The summed E-state index contributed by atoms with van der Waals surface area (Å²) >= 11 is 0. The first-order valence-corrected chi connectivity index (χ1v) is 8.17. The molecule has 2 rings (SSSR count). The molecule has 20 heavy (non-hydrogen) atoms. The fourth-order valence-electron chi connectivity index (χ4n) is 3.58. The number of carbonyl (C=O) groups is 1. The Bertz CT molecular complexity index is 352. The van der Waals surface area contributed by atoms with Crippen LogP contribution >= 0.6 is 0 Å². The Morgan fingerprint density at radius 1 is 1.35 bits per heavy atom. The Morgan fingerprint density at radius 2 is 2.05 bits per heavy atom. The highest BCUT2D eigenvalue weighted by molar-refractivity contribution is 5.86. The number of nitrogens with zero attached hydrogens (tertiary/aromatic N) is 1. The molecule has 1 unspecified atom stereocenters. The summed E-state index contributed by atoms with van der Waals surface area (Å²) in [6, 6.07) is 0. The summed E-state index contributed by atoms with van der Waals surface area (Å²) in [5.41, 5.74) is 5.72. The van der Waals surface area contributed by atoms with E-state index in [0.717, 1.165) is 39.0 Å². The van der Waals surface area contributed by atoms with Gasteiger partial charge in [-0.15, -0.1) is 0 Å². The van der Waals surface area contributed by atoms with Crippen molar-refractivity contribution in [3.8, 4) is 0 Å². The quantitative estimate of drug-likeness (QED) is 0.780. The fourth-order valence-corrected chi connectivity index (χ4v) is 3.58. The van der Waals surface area contributed by atoms with Gasteiger partial charge in [-0.2, -0.15) is 0 Å². The molecule has 1 aliphatic carbocycles. The van der Waals surface area contributed by atoms with E-state index >= 15 is 0 Å². The molecule has 1 saturated heterocycles. The molecule has 116 valence electrons. The van der Waals surface area contributed by atoms with E-state index < -0.39 is 5.54 Å². The highest BCUT2D eigenvalue weighted by atomic mass is 16.1. The summed E-state index contributed by atoms with van der Waals surface area (Å²) in [4.78, 5) is 14.6. The van der Waals surface area contributed by atoms with Crippen molar-refractivity contribution in [3.05, 3.63) is 0 Å². The van der Waals surface area contributed by atoms with Gasteiger partial charge in [0.2, 0.25) is 5.91 Å². The third kappa shape index (κ3) is 3.53. The van der Waals surface area contributed by atoms with Crippen LogP contribution in [0.4, 0.5) is 0 Å². The Kier molecular flexibility index (Phi) is 4.75. The molecule has 0 spiro atoms. The van der Waals surface area contributed by atoms with E-state index in [0.29, 0.717) is 11.3 Å². The van der Waals surface area contributed by atoms with Gasteiger partial charge in [-0.25, -0.2) is 0 Å². The van der Waals surface area contributed by atoms with E-state index in [1.54, 1.807) is 0 Å². The number of primary amides is 1. The number of hydrogen-bond acceptors (Lipinski definition) is 3. The third-order valence-corrected chi connectivity index (χ3v) is 5.11. The Morgan fingerprint density at radius 3 is 2.60 bits per heavy atom. The van der Waals surface area contributed by atoms with Crippen LogP contribution in [0.5, 0.6) is 0 Å². The highest BCUT2D eigenvalue weighted by Gasteiger charge is 2.50. The molecule has 4 heteroatoms. The van der Waals surface area contributed by atoms with Crippen LogP contribution in [0.15, 0.2) is 0 Å². The molecule has 1 saturated carbocycles. The van der Waals surface area contributed by atoms with Crippen LogP contribution in [-0.4, -0.2) is 42.5 Å². The Hall–Kier alpha value is -0.610. The lowest BCUT2D eigenvalue weighted by atomic mass is 9.85. The summed E-state index contributed by atoms with van der Waals surface area (Å²) < 4.78 is 0. The molecule has 0 aromatic carbocycles. The van der Waals surface area contributed by atoms with Crippen LogP contribution in [-0.2, 0) is 4.79 Å². The second-order valence-corrected chi connectivity index (χ2v) is 7.43. The lowest BCUT2D eigenvalue weighted by molar-refractivity contribution is -0.126. The van der Waals surface area contributed by atoms with Gasteiger partial charge < -0.3 is 16.0 Å². The van der Waals surface area contributed by atoms with Crippen LogP contribution in [0.1, 0.15) is 52.9 Å². The van der Waals surface area contributed by atoms with E-state index in [9.17, 15) is 4.79 Å². The molecule has 1 heterocycles. The molecule has 0 aromatic rings. The van der Waals surface area contributed by atoms with Crippen molar-refractivity contribution in [3.63, 3.8) is 0 Å². The van der Waals surface area contributed by atoms with E-state index in [-0.39, 0.29) is 5.91 Å². The number of rotatable bonds is 6. The van der Waals surface area contributed by atoms with Crippen molar-refractivity contribution in [2.75, 3.05) is 26.2 Å². The number of likely N-dealkylation sites (tertiary alicyclic amines) is 1. The second-order valence-electron chi connectivity index (χ2n) is 7.43. The fraction of sp³-hybridized carbons (Fsp3) is 0.938. The first kappa shape index (κ1) is 15.8. The zero-order chi connectivity index (χ0) is 14.8. The molecular weight excluding hydrogens is 250 g/mol. The monoisotopic (exact) mass is 281 g/mol. The lowest BCUT2D eigenvalue weighted by Gasteiger charge is -2.37. The summed E-state index contributed by atoms with van der Waals surface area (Å²) in [7, 11) is 0. The first-order chi connectivity index (χ1) is 9.39. The summed E-state index contributed by atoms with van der Waals surface area (Å²) in [6.45, 7) is 10.5. The molecule has 0 radical (unpaired) electrons. The zero-order valence-corrected chi connectivity index (χ0v) is 13.4. The van der Waals surface area contributed by atoms with Gasteiger partial charge in [0.1, 0.15) is 5.54 Å². The molecule has 3 N–H and O–H groups in total. The lowest BCUT2D eigenvalue weighted by Crippen LogP contribution is -2.63. The summed E-state index contributed by atoms with van der Waals surface area (Å²) in [5.74, 6) is 0.279. The summed E-state index contributed by atoms with van der Waals surface area (Å²) in [5, 5.41) is 3.43. The maximum atomic E-state index is 12.1. The van der Waals surface area contributed by atoms with Gasteiger partial charge in [0, 0.05) is 6.54 Å². The average Bonchev–Trinajstić information content (AvgIpc) is 3.18. The number of likely N-dealkylation sites (N-methyl/N-ethyl adjacent to an activating group) is 1. The number of amides is 1. The number of nitrogens with two attached hydrogens (primary N) is 1. The molecule has 0 bridgehead atoms. The molecule has 1 atom stereocenters. The largest absolute Gasteiger partial charge is 0.368 e. The van der Waals surface area contributed by atoms with Gasteiger partial charge in [0.15, 0.2) is 0 Å². The van der Waals surface area contributed by atoms with E-state index in [1.165, 1.54) is 19.3 Å². The smallest absolute Gasteiger partial charge is 0.239 e. The zero-order valence-electron chi connectivity index (χ0n) is 13.4. The van der Waals surface area contributed by atoms with Crippen LogP contribution in [0, 0.1) is 11.3 Å². The van der Waals surface area contributed by atoms with Gasteiger partial charge in [-0.3, -0.25) is 4.79 Å². The van der Waals surface area contributed by atoms with E-state index in [4.69, 9.17) is 5.73 Å². The number of carbonyl (C=O) groups excluding carboxylic acids is 1. The molecule has 4 nitrogen and oxygen atoms in total. The van der Waals surface area contributed by atoms with Crippen molar-refractivity contribution in [2.45, 2.75) is 58.4 Å². The van der Waals surface area contributed by atoms with Crippen molar-refractivity contribution in [2.24, 2.45) is 17.1 Å². The standard InChI is InChI=1S/C16H31N3O/c1-4-18-16(14(17)20,13-6-7-13)12-19-10-5-8-15(2,3)9-11-19/h13,18H,4-12H2,1-3H3,(H2,17,20). The first-order valence-electron chi connectivity index (χ1n) is 8.17. The minimum Gasteiger partial charge on any atom is -0.368 e. The Balaban J connectivity index is 2.05. The minimum atomic E-state index is -0.497. The van der Waals surface area contributed by atoms with E-state index in [1.807, 2.05) is 0 Å². The van der Waals surface area contributed by atoms with Crippen LogP contribution in [0.2, 0.25) is 0 Å². The normalized spacial score (nSPS) is 26.8. The average molecular weight is 281 g/mol. The highest BCUT2D eigenvalue weighted by Crippen LogP contribution is 2.41. The molecule has 1 amide bonds. The second kappa shape index (κ2) is 6.02. The van der Waals surface area contributed by atoms with Crippen molar-refractivity contribution in [1.29, 1.82) is 0 Å². The van der Waals surface area contributed by atoms with Crippen LogP contribution < -0.4 is 11.1 Å². The maximum absolute atomic E-state index is 12.1. The molecule has 2 aliphatic rings. The topological polar surface area (TPSA) is 58.4 Å². The molecule has 0 aromatic heterocycles. The van der Waals surface area contributed by atoms with Gasteiger partial charge in [0.05, 0.1) is 0 Å². The van der Waals surface area contributed by atoms with Gasteiger partial charge in [-0.05, 0) is 63.1 Å². The van der Waals surface area contributed by atoms with Crippen LogP contribution in [0.25, 0.3) is 0 Å². The van der Waals surface area contributed by atoms with Crippen molar-refractivity contribution < 1.29 is 4.79 Å². The third-order valence-electron chi connectivity index (χ3n) is 5.11.